The van der Waals surface area contributed by atoms with E-state index in [1.807, 2.05) is 0 Å². The SMILES string of the molecule is CCCCCCCCCCCCCCCCCCC(S)(CCCCCCCCCCCCCCCCCC)C(=O)[O][Sn]([CH2]CCC)([CH2]CCC)[O]C(=O)C(S)(CCCCCCCCCCCCCCCCCC)CCCCCCCCCCCCCCCCCC. The van der Waals surface area contributed by atoms with Crippen molar-refractivity contribution in [3.63, 3.8) is 0 Å². The Morgan fingerprint density at radius 3 is 0.462 bits per heavy atom. The number of rotatable bonds is 78. The molecule has 0 rings (SSSR count). The van der Waals surface area contributed by atoms with Crippen molar-refractivity contribution in [2.24, 2.45) is 0 Å². The molecule has 0 radical (unpaired) electrons. The van der Waals surface area contributed by atoms with Crippen LogP contribution in [0.5, 0.6) is 0 Å². The summed E-state index contributed by atoms with van der Waals surface area (Å²) < 4.78 is 14.0. The van der Waals surface area contributed by atoms with Gasteiger partial charge in [-0.3, -0.25) is 0 Å². The zero-order chi connectivity index (χ0) is 66.4. The summed E-state index contributed by atoms with van der Waals surface area (Å²) in [5.41, 5.74) is 0. The van der Waals surface area contributed by atoms with Crippen LogP contribution in [0.2, 0.25) is 8.87 Å². The van der Waals surface area contributed by atoms with Gasteiger partial charge >= 0.3 is 361 Å². The topological polar surface area (TPSA) is 52.6 Å². The Hall–Kier alpha value is 0.439. The third-order valence-electron chi connectivity index (χ3n) is 20.9. The van der Waals surface area contributed by atoms with Crippen molar-refractivity contribution in [3.8, 4) is 0 Å². The normalized spacial score (nSPS) is 12.2. The quantitative estimate of drug-likeness (QED) is 0.0362. The second-order valence-electron chi connectivity index (χ2n) is 30.2. The van der Waals surface area contributed by atoms with Crippen LogP contribution in [0.3, 0.4) is 0 Å². The Morgan fingerprint density at radius 1 is 0.209 bits per heavy atom. The molecular weight excluding hydrogens is 1260 g/mol. The van der Waals surface area contributed by atoms with Gasteiger partial charge in [0.1, 0.15) is 0 Å². The van der Waals surface area contributed by atoms with E-state index >= 15 is 9.59 Å². The molecule has 0 N–H and O–H groups in total. The number of unbranched alkanes of at least 4 members (excludes halogenated alkanes) is 62. The molecule has 544 valence electrons. The van der Waals surface area contributed by atoms with E-state index in [0.29, 0.717) is 0 Å². The van der Waals surface area contributed by atoms with Gasteiger partial charge < -0.3 is 0 Å². The molecule has 0 aromatic rings. The summed E-state index contributed by atoms with van der Waals surface area (Å²) >= 11 is 6.52. The van der Waals surface area contributed by atoms with E-state index in [4.69, 9.17) is 31.4 Å². The molecule has 0 aliphatic carbocycles. The predicted molar refractivity (Wildman–Crippen MR) is 417 cm³/mol. The smallest absolute Gasteiger partial charge is 0.0654 e. The average molecular weight is 1430 g/mol. The summed E-state index contributed by atoms with van der Waals surface area (Å²) in [7, 11) is 0. The summed E-state index contributed by atoms with van der Waals surface area (Å²) in [6.45, 7) is 13.7. The fourth-order valence-electron chi connectivity index (χ4n) is 14.3. The minimum absolute atomic E-state index is 0.158. The molecule has 91 heavy (non-hydrogen) atoms. The molecule has 0 unspecified atom stereocenters. The van der Waals surface area contributed by atoms with E-state index in [1.165, 1.54) is 360 Å². The minimum atomic E-state index is -4.39. The fraction of sp³-hybridized carbons (Fsp3) is 0.976. The van der Waals surface area contributed by atoms with Crippen LogP contribution in [0.1, 0.15) is 504 Å². The Balaban J connectivity index is 5.94. The van der Waals surface area contributed by atoms with Gasteiger partial charge in [-0.1, -0.05) is 233 Å². The van der Waals surface area contributed by atoms with E-state index in [1.54, 1.807) is 0 Å². The zero-order valence-electron chi connectivity index (χ0n) is 63.4. The first-order valence-electron chi connectivity index (χ1n) is 42.5. The van der Waals surface area contributed by atoms with Crippen molar-refractivity contribution in [2.45, 2.75) is 522 Å². The van der Waals surface area contributed by atoms with Crippen LogP contribution in [0, 0.1) is 0 Å². The van der Waals surface area contributed by atoms with Crippen LogP contribution < -0.4 is 0 Å². The summed E-state index contributed by atoms with van der Waals surface area (Å²) in [4.78, 5) is 30.5. The summed E-state index contributed by atoms with van der Waals surface area (Å²) in [6, 6.07) is 0. The maximum absolute atomic E-state index is 15.2. The third-order valence-corrected chi connectivity index (χ3v) is 31.7. The monoisotopic (exact) mass is 1430 g/mol. The number of carbonyl (C=O) groups is 2. The van der Waals surface area contributed by atoms with Crippen molar-refractivity contribution in [1.29, 1.82) is 0 Å². The number of carbonyl (C=O) groups excluding carboxylic acids is 2. The Labute approximate surface area is 590 Å². The first-order chi connectivity index (χ1) is 44.6. The molecule has 0 spiro atoms. The molecule has 0 aliphatic heterocycles. The molecule has 0 saturated carbocycles. The van der Waals surface area contributed by atoms with E-state index in [-0.39, 0.29) is 11.9 Å². The van der Waals surface area contributed by atoms with Gasteiger partial charge in [0, 0.05) is 0 Å². The second kappa shape index (κ2) is 71.7. The van der Waals surface area contributed by atoms with E-state index in [9.17, 15) is 0 Å². The van der Waals surface area contributed by atoms with Crippen LogP contribution >= 0.6 is 25.3 Å². The molecule has 0 aromatic heterocycles. The van der Waals surface area contributed by atoms with E-state index in [2.05, 4.69) is 41.5 Å². The van der Waals surface area contributed by atoms with Crippen LogP contribution in [-0.4, -0.2) is 40.6 Å². The van der Waals surface area contributed by atoms with Crippen molar-refractivity contribution in [1.82, 2.24) is 0 Å². The predicted octanol–water partition coefficient (Wildman–Crippen LogP) is 31.1. The molecule has 0 aliphatic rings. The molecule has 7 heteroatoms. The molecule has 4 nitrogen and oxygen atoms in total. The third kappa shape index (κ3) is 60.2. The number of hydrogen-bond donors (Lipinski definition) is 2. The van der Waals surface area contributed by atoms with Crippen molar-refractivity contribution >= 4 is 56.4 Å². The van der Waals surface area contributed by atoms with Gasteiger partial charge in [-0.05, 0) is 0 Å². The first-order valence-corrected chi connectivity index (χ1v) is 49.8. The summed E-state index contributed by atoms with van der Waals surface area (Å²) in [5.74, 6) is -0.317. The van der Waals surface area contributed by atoms with Crippen LogP contribution in [0.25, 0.3) is 0 Å². The average Bonchev–Trinajstić information content (AvgIpc) is 0.882. The van der Waals surface area contributed by atoms with Crippen LogP contribution in [0.4, 0.5) is 0 Å². The van der Waals surface area contributed by atoms with Gasteiger partial charge in [0.05, 0.1) is 0 Å². The van der Waals surface area contributed by atoms with Gasteiger partial charge in [-0.2, -0.15) is 0 Å². The van der Waals surface area contributed by atoms with Crippen LogP contribution in [0.15, 0.2) is 0 Å². The van der Waals surface area contributed by atoms with Gasteiger partial charge in [0.15, 0.2) is 0 Å². The molecule has 0 atom stereocenters. The Kier molecular flexibility index (Phi) is 72.1. The number of thiol groups is 2. The Morgan fingerprint density at radius 2 is 0.330 bits per heavy atom. The zero-order valence-corrected chi connectivity index (χ0v) is 68.0. The van der Waals surface area contributed by atoms with Gasteiger partial charge in [-0.25, -0.2) is 0 Å². The molecule has 0 heterocycles. The molecule has 0 amide bonds. The standard InChI is InChI=1S/2C38H76O2S.2C4H9.Sn/c2*1-3-5-7-9-11-13-15-17-19-21-23-25-27-29-31-33-35-38(41,37(39)40)36-34-32-30-28-26-24-22-20-18-16-14-12-10-8-6-4-2;2*1-3-4-2;/h2*41H,3-36H2,1-2H3,(H,39,40);2*1,3-4H2,2H3;/q;;;;+2/p-2. The molecule has 0 bridgehead atoms. The first kappa shape index (κ1) is 91.4. The summed E-state index contributed by atoms with van der Waals surface area (Å²) in [6.07, 6.45) is 92.3. The minimum Gasteiger partial charge on any atom is -0.0654 e. The molecule has 0 saturated heterocycles. The molecule has 0 fully saturated rings. The molecular formula is C84H168O4S2Sn. The van der Waals surface area contributed by atoms with E-state index < -0.39 is 28.7 Å². The van der Waals surface area contributed by atoms with Crippen LogP contribution in [-0.2, 0) is 15.7 Å². The summed E-state index contributed by atoms with van der Waals surface area (Å²) in [5, 5.41) is 0. The second-order valence-corrected chi connectivity index (χ2v) is 41.1. The maximum atomic E-state index is 15.2. The van der Waals surface area contributed by atoms with Crippen molar-refractivity contribution < 1.29 is 15.7 Å². The van der Waals surface area contributed by atoms with Crippen molar-refractivity contribution in [2.75, 3.05) is 0 Å². The molecule has 0 aromatic carbocycles. The van der Waals surface area contributed by atoms with E-state index in [0.717, 1.165) is 112 Å². The van der Waals surface area contributed by atoms with Gasteiger partial charge in [-0.15, -0.1) is 0 Å². The number of hydrogen-bond acceptors (Lipinski definition) is 6. The Bertz CT molecular complexity index is 1280. The van der Waals surface area contributed by atoms with Crippen molar-refractivity contribution in [3.05, 3.63) is 0 Å². The fourth-order valence-corrected chi connectivity index (χ4v) is 25.6. The van der Waals surface area contributed by atoms with Gasteiger partial charge in [0.2, 0.25) is 0 Å². The van der Waals surface area contributed by atoms with Gasteiger partial charge in [0.25, 0.3) is 0 Å².